The normalized spacial score (nSPS) is 10.9. The van der Waals surface area contributed by atoms with Gasteiger partial charge in [-0.05, 0) is 26.1 Å². The van der Waals surface area contributed by atoms with E-state index >= 15 is 0 Å². The number of hydrogen-bond donors (Lipinski definition) is 1. The number of nitrogens with zero attached hydrogens (tertiary/aromatic N) is 2. The van der Waals surface area contributed by atoms with Crippen LogP contribution >= 0.6 is 0 Å². The summed E-state index contributed by atoms with van der Waals surface area (Å²) >= 11 is 0. The molecule has 0 bridgehead atoms. The first kappa shape index (κ1) is 11.0. The van der Waals surface area contributed by atoms with Gasteiger partial charge in [0.2, 0.25) is 0 Å². The zero-order valence-corrected chi connectivity index (χ0v) is 9.95. The van der Waals surface area contributed by atoms with Crippen molar-refractivity contribution >= 4 is 0 Å². The first-order valence-electron chi connectivity index (χ1n) is 5.44. The number of nitrogens with one attached hydrogen (secondary N) is 1. The van der Waals surface area contributed by atoms with Gasteiger partial charge in [0.05, 0.1) is 12.0 Å². The van der Waals surface area contributed by atoms with Crippen LogP contribution in [0.2, 0.25) is 0 Å². The van der Waals surface area contributed by atoms with Gasteiger partial charge in [-0.15, -0.1) is 0 Å². The average molecular weight is 219 g/mol. The van der Waals surface area contributed by atoms with Crippen LogP contribution in [-0.4, -0.2) is 23.1 Å². The maximum Gasteiger partial charge on any atom is 0.176 e. The molecular formula is C12H17N3O. The Balaban J connectivity index is 2.35. The second-order valence-corrected chi connectivity index (χ2v) is 3.86. The molecule has 0 saturated carbocycles. The van der Waals surface area contributed by atoms with Gasteiger partial charge in [0.25, 0.3) is 0 Å². The van der Waals surface area contributed by atoms with E-state index in [1.54, 1.807) is 6.26 Å². The van der Waals surface area contributed by atoms with Crippen molar-refractivity contribution in [2.75, 3.05) is 13.6 Å². The number of likely N-dealkylation sites (N-methyl/N-ethyl adjacent to an activating group) is 1. The molecule has 0 aliphatic carbocycles. The molecule has 4 heteroatoms. The van der Waals surface area contributed by atoms with Crippen molar-refractivity contribution in [3.8, 4) is 11.6 Å². The molecule has 2 rings (SSSR count). The molecule has 0 aliphatic heterocycles. The van der Waals surface area contributed by atoms with Gasteiger partial charge >= 0.3 is 0 Å². The van der Waals surface area contributed by atoms with Crippen LogP contribution in [0.25, 0.3) is 11.6 Å². The molecule has 0 aliphatic rings. The predicted molar refractivity (Wildman–Crippen MR) is 63.3 cm³/mol. The van der Waals surface area contributed by atoms with Crippen LogP contribution in [0.3, 0.4) is 0 Å². The van der Waals surface area contributed by atoms with Gasteiger partial charge in [0, 0.05) is 25.7 Å². The average Bonchev–Trinajstić information content (AvgIpc) is 2.86. The van der Waals surface area contributed by atoms with E-state index in [0.29, 0.717) is 0 Å². The van der Waals surface area contributed by atoms with Crippen LogP contribution in [-0.2, 0) is 13.5 Å². The van der Waals surface area contributed by atoms with Gasteiger partial charge in [-0.25, -0.2) is 4.98 Å². The van der Waals surface area contributed by atoms with Crippen molar-refractivity contribution in [3.63, 3.8) is 0 Å². The van der Waals surface area contributed by atoms with Crippen LogP contribution in [0.5, 0.6) is 0 Å². The number of aryl methyl sites for hydroxylation is 1. The SMILES string of the molecule is CNCCc1c(C)nc(-c2ccco2)n1C. The lowest BCUT2D eigenvalue weighted by atomic mass is 10.2. The molecule has 2 heterocycles. The van der Waals surface area contributed by atoms with E-state index in [4.69, 9.17) is 4.42 Å². The predicted octanol–water partition coefficient (Wildman–Crippen LogP) is 1.75. The number of hydrogen-bond acceptors (Lipinski definition) is 3. The van der Waals surface area contributed by atoms with Gasteiger partial charge in [-0.1, -0.05) is 0 Å². The highest BCUT2D eigenvalue weighted by atomic mass is 16.3. The van der Waals surface area contributed by atoms with Crippen molar-refractivity contribution in [1.82, 2.24) is 14.9 Å². The second kappa shape index (κ2) is 4.53. The van der Waals surface area contributed by atoms with E-state index in [9.17, 15) is 0 Å². The summed E-state index contributed by atoms with van der Waals surface area (Å²) in [7, 11) is 3.99. The molecule has 0 unspecified atom stereocenters. The lowest BCUT2D eigenvalue weighted by molar-refractivity contribution is 0.572. The Morgan fingerprint density at radius 3 is 2.94 bits per heavy atom. The van der Waals surface area contributed by atoms with E-state index in [-0.39, 0.29) is 0 Å². The molecule has 16 heavy (non-hydrogen) atoms. The van der Waals surface area contributed by atoms with E-state index < -0.39 is 0 Å². The minimum absolute atomic E-state index is 0.821. The quantitative estimate of drug-likeness (QED) is 0.852. The molecule has 0 aromatic carbocycles. The van der Waals surface area contributed by atoms with Crippen LogP contribution in [0, 0.1) is 6.92 Å². The zero-order valence-electron chi connectivity index (χ0n) is 9.95. The van der Waals surface area contributed by atoms with E-state index in [1.165, 1.54) is 5.69 Å². The third kappa shape index (κ3) is 1.88. The number of imidazole rings is 1. The van der Waals surface area contributed by atoms with E-state index in [2.05, 4.69) is 14.9 Å². The molecule has 0 amide bonds. The Kier molecular flexibility index (Phi) is 3.10. The first-order valence-corrected chi connectivity index (χ1v) is 5.44. The van der Waals surface area contributed by atoms with Gasteiger partial charge in [-0.3, -0.25) is 0 Å². The van der Waals surface area contributed by atoms with Gasteiger partial charge in [0.1, 0.15) is 0 Å². The van der Waals surface area contributed by atoms with Crippen LogP contribution in [0.1, 0.15) is 11.4 Å². The zero-order chi connectivity index (χ0) is 11.5. The molecule has 1 N–H and O–H groups in total. The van der Waals surface area contributed by atoms with Crippen LogP contribution < -0.4 is 5.32 Å². The molecule has 86 valence electrons. The summed E-state index contributed by atoms with van der Waals surface area (Å²) in [4.78, 5) is 4.55. The van der Waals surface area contributed by atoms with Crippen molar-refractivity contribution < 1.29 is 4.42 Å². The van der Waals surface area contributed by atoms with Gasteiger partial charge < -0.3 is 14.3 Å². The highest BCUT2D eigenvalue weighted by Gasteiger charge is 2.14. The molecule has 0 spiro atoms. The maximum atomic E-state index is 5.37. The standard InChI is InChI=1S/C12H17N3O/c1-9-10(6-7-13-2)15(3)12(14-9)11-5-4-8-16-11/h4-5,8,13H,6-7H2,1-3H3. The number of rotatable bonds is 4. The number of furan rings is 1. The Morgan fingerprint density at radius 2 is 2.31 bits per heavy atom. The summed E-state index contributed by atoms with van der Waals surface area (Å²) < 4.78 is 7.48. The minimum atomic E-state index is 0.821. The molecule has 0 atom stereocenters. The molecule has 0 radical (unpaired) electrons. The first-order chi connectivity index (χ1) is 7.74. The summed E-state index contributed by atoms with van der Waals surface area (Å²) in [5.74, 6) is 1.72. The second-order valence-electron chi connectivity index (χ2n) is 3.86. The fourth-order valence-electron chi connectivity index (χ4n) is 1.89. The Hall–Kier alpha value is -1.55. The van der Waals surface area contributed by atoms with Crippen LogP contribution in [0.4, 0.5) is 0 Å². The van der Waals surface area contributed by atoms with Crippen molar-refractivity contribution in [2.24, 2.45) is 7.05 Å². The highest BCUT2D eigenvalue weighted by Crippen LogP contribution is 2.21. The van der Waals surface area contributed by atoms with Crippen molar-refractivity contribution in [1.29, 1.82) is 0 Å². The summed E-state index contributed by atoms with van der Waals surface area (Å²) in [6.07, 6.45) is 2.65. The third-order valence-corrected chi connectivity index (χ3v) is 2.77. The molecule has 4 nitrogen and oxygen atoms in total. The topological polar surface area (TPSA) is 43.0 Å². The largest absolute Gasteiger partial charge is 0.461 e. The summed E-state index contributed by atoms with van der Waals surface area (Å²) in [5, 5.41) is 3.15. The molecule has 0 fully saturated rings. The Morgan fingerprint density at radius 1 is 1.50 bits per heavy atom. The molecule has 2 aromatic rings. The number of aromatic nitrogens is 2. The molecule has 2 aromatic heterocycles. The maximum absolute atomic E-state index is 5.37. The minimum Gasteiger partial charge on any atom is -0.461 e. The van der Waals surface area contributed by atoms with Gasteiger partial charge in [-0.2, -0.15) is 0 Å². The van der Waals surface area contributed by atoms with E-state index in [0.717, 1.165) is 30.2 Å². The summed E-state index contributed by atoms with van der Waals surface area (Å²) in [5.41, 5.74) is 2.32. The third-order valence-electron chi connectivity index (χ3n) is 2.77. The lowest BCUT2D eigenvalue weighted by Crippen LogP contribution is -2.13. The Labute approximate surface area is 95.3 Å². The Bertz CT molecular complexity index is 457. The van der Waals surface area contributed by atoms with Crippen molar-refractivity contribution in [3.05, 3.63) is 29.8 Å². The van der Waals surface area contributed by atoms with Crippen LogP contribution in [0.15, 0.2) is 22.8 Å². The van der Waals surface area contributed by atoms with E-state index in [1.807, 2.05) is 33.2 Å². The summed E-state index contributed by atoms with van der Waals surface area (Å²) in [6, 6.07) is 3.82. The molecule has 0 saturated heterocycles. The fourth-order valence-corrected chi connectivity index (χ4v) is 1.89. The lowest BCUT2D eigenvalue weighted by Gasteiger charge is -2.04. The molecular weight excluding hydrogens is 202 g/mol. The smallest absolute Gasteiger partial charge is 0.176 e. The highest BCUT2D eigenvalue weighted by molar-refractivity contribution is 5.49. The van der Waals surface area contributed by atoms with Gasteiger partial charge in [0.15, 0.2) is 11.6 Å². The summed E-state index contributed by atoms with van der Waals surface area (Å²) in [6.45, 7) is 3.00. The fraction of sp³-hybridized carbons (Fsp3) is 0.417. The monoisotopic (exact) mass is 219 g/mol. The van der Waals surface area contributed by atoms with Crippen molar-refractivity contribution in [2.45, 2.75) is 13.3 Å².